The summed E-state index contributed by atoms with van der Waals surface area (Å²) in [6.45, 7) is 1.96. The van der Waals surface area contributed by atoms with Gasteiger partial charge in [-0.25, -0.2) is 13.1 Å². The minimum absolute atomic E-state index is 0.0613. The molecule has 1 aliphatic carbocycles. The van der Waals surface area contributed by atoms with Crippen LogP contribution < -0.4 is 10.0 Å². The van der Waals surface area contributed by atoms with E-state index in [-0.39, 0.29) is 17.0 Å². The fraction of sp³-hybridized carbons (Fsp3) is 0.571. The van der Waals surface area contributed by atoms with E-state index in [1.807, 2.05) is 13.0 Å². The van der Waals surface area contributed by atoms with Gasteiger partial charge < -0.3 is 5.32 Å². The van der Waals surface area contributed by atoms with Crippen molar-refractivity contribution in [2.75, 3.05) is 17.3 Å². The van der Waals surface area contributed by atoms with Gasteiger partial charge in [-0.15, -0.1) is 0 Å². The zero-order valence-electron chi connectivity index (χ0n) is 12.3. The topological polar surface area (TPSA) is 75.3 Å². The highest BCUT2D eigenvalue weighted by Gasteiger charge is 2.29. The van der Waals surface area contributed by atoms with Gasteiger partial charge in [-0.1, -0.05) is 12.1 Å². The maximum atomic E-state index is 12.4. The highest BCUT2D eigenvalue weighted by molar-refractivity contribution is 7.89. The summed E-state index contributed by atoms with van der Waals surface area (Å²) in [6, 6.07) is 7.05. The predicted octanol–water partition coefficient (Wildman–Crippen LogP) is 1.70. The second kappa shape index (κ2) is 6.89. The van der Waals surface area contributed by atoms with Gasteiger partial charge in [0, 0.05) is 34.9 Å². The zero-order chi connectivity index (χ0) is 15.5. The van der Waals surface area contributed by atoms with Crippen molar-refractivity contribution in [2.24, 2.45) is 0 Å². The second-order valence-corrected chi connectivity index (χ2v) is 8.74. The quantitative estimate of drug-likeness (QED) is 0.761. The Kier molecular flexibility index (Phi) is 5.40. The number of anilines is 1. The molecule has 2 unspecified atom stereocenters. The van der Waals surface area contributed by atoms with Crippen molar-refractivity contribution in [1.29, 1.82) is 0 Å². The molecule has 1 aromatic rings. The molecule has 1 aliphatic rings. The van der Waals surface area contributed by atoms with Crippen LogP contribution in [0.1, 0.15) is 26.2 Å². The first kappa shape index (κ1) is 16.5. The predicted molar refractivity (Wildman–Crippen MR) is 86.4 cm³/mol. The maximum absolute atomic E-state index is 12.4. The van der Waals surface area contributed by atoms with Gasteiger partial charge in [0.15, 0.2) is 0 Å². The summed E-state index contributed by atoms with van der Waals surface area (Å²) in [5, 5.41) is 3.21. The molecule has 2 N–H and O–H groups in total. The molecule has 0 saturated heterocycles. The number of sulfonamides is 1. The van der Waals surface area contributed by atoms with E-state index in [1.165, 1.54) is 0 Å². The summed E-state index contributed by atoms with van der Waals surface area (Å²) in [6.07, 6.45) is 4.22. The van der Waals surface area contributed by atoms with Gasteiger partial charge in [0.05, 0.1) is 5.69 Å². The van der Waals surface area contributed by atoms with Gasteiger partial charge in [0.2, 0.25) is 10.0 Å². The Bertz CT molecular complexity index is 612. The Morgan fingerprint density at radius 1 is 1.33 bits per heavy atom. The van der Waals surface area contributed by atoms with Crippen LogP contribution in [-0.2, 0) is 20.8 Å². The highest BCUT2D eigenvalue weighted by Crippen LogP contribution is 2.26. The third-order valence-corrected chi connectivity index (χ3v) is 5.71. The average molecular weight is 330 g/mol. The first-order valence-electron chi connectivity index (χ1n) is 7.06. The van der Waals surface area contributed by atoms with E-state index in [0.717, 1.165) is 19.3 Å². The molecule has 118 valence electrons. The van der Waals surface area contributed by atoms with Crippen molar-refractivity contribution >= 4 is 26.5 Å². The molecule has 21 heavy (non-hydrogen) atoms. The van der Waals surface area contributed by atoms with Crippen LogP contribution in [0.25, 0.3) is 0 Å². The fourth-order valence-electron chi connectivity index (χ4n) is 1.98. The summed E-state index contributed by atoms with van der Waals surface area (Å²) in [5.74, 6) is 0.601. The molecule has 0 heterocycles. The molecular formula is C14H22N2O3S2. The number of hydrogen-bond donors (Lipinski definition) is 2. The summed E-state index contributed by atoms with van der Waals surface area (Å²) < 4.78 is 38.5. The molecule has 0 aromatic heterocycles. The van der Waals surface area contributed by atoms with E-state index in [2.05, 4.69) is 10.0 Å². The first-order valence-corrected chi connectivity index (χ1v) is 10.3. The maximum Gasteiger partial charge on any atom is 0.242 e. The van der Waals surface area contributed by atoms with Crippen LogP contribution in [0.5, 0.6) is 0 Å². The van der Waals surface area contributed by atoms with Crippen molar-refractivity contribution in [1.82, 2.24) is 4.72 Å². The van der Waals surface area contributed by atoms with E-state index in [4.69, 9.17) is 0 Å². The monoisotopic (exact) mass is 330 g/mol. The second-order valence-electron chi connectivity index (χ2n) is 5.50. The summed E-state index contributed by atoms with van der Waals surface area (Å²) in [5.41, 5.74) is 0.597. The van der Waals surface area contributed by atoms with Crippen molar-refractivity contribution in [3.8, 4) is 0 Å². The number of hydrogen-bond acceptors (Lipinski definition) is 4. The van der Waals surface area contributed by atoms with Crippen LogP contribution in [0.15, 0.2) is 29.2 Å². The summed E-state index contributed by atoms with van der Waals surface area (Å²) >= 11 is 0. The standard InChI is InChI=1S/C14H22N2O3S2/c1-11(9-10-20(2)17)15-13-5-3-4-6-14(13)21(18,19)16-12-7-8-12/h3-6,11-12,15-16H,7-10H2,1-2H3. The van der Waals surface area contributed by atoms with E-state index < -0.39 is 20.8 Å². The Morgan fingerprint density at radius 3 is 2.62 bits per heavy atom. The van der Waals surface area contributed by atoms with Gasteiger partial charge in [0.25, 0.3) is 0 Å². The van der Waals surface area contributed by atoms with Crippen LogP contribution in [-0.4, -0.2) is 36.7 Å². The normalized spacial score (nSPS) is 18.2. The van der Waals surface area contributed by atoms with Gasteiger partial charge in [-0.3, -0.25) is 4.21 Å². The minimum atomic E-state index is -3.48. The Hall–Kier alpha value is -0.920. The van der Waals surface area contributed by atoms with Crippen molar-refractivity contribution in [3.05, 3.63) is 24.3 Å². The largest absolute Gasteiger partial charge is 0.381 e. The van der Waals surface area contributed by atoms with Gasteiger partial charge in [-0.05, 0) is 38.3 Å². The minimum Gasteiger partial charge on any atom is -0.381 e. The summed E-state index contributed by atoms with van der Waals surface area (Å²) in [7, 11) is -4.31. The summed E-state index contributed by atoms with van der Waals surface area (Å²) in [4.78, 5) is 0.279. The van der Waals surface area contributed by atoms with Crippen LogP contribution in [0.4, 0.5) is 5.69 Å². The van der Waals surface area contributed by atoms with Crippen LogP contribution in [0.3, 0.4) is 0 Å². The average Bonchev–Trinajstić information content (AvgIpc) is 3.20. The lowest BCUT2D eigenvalue weighted by Crippen LogP contribution is -2.27. The molecule has 2 rings (SSSR count). The number of rotatable bonds is 8. The molecule has 1 fully saturated rings. The molecule has 5 nitrogen and oxygen atoms in total. The van der Waals surface area contributed by atoms with Gasteiger partial charge >= 0.3 is 0 Å². The van der Waals surface area contributed by atoms with Crippen molar-refractivity contribution < 1.29 is 12.6 Å². The lowest BCUT2D eigenvalue weighted by atomic mass is 10.2. The Balaban J connectivity index is 2.10. The molecule has 0 amide bonds. The zero-order valence-corrected chi connectivity index (χ0v) is 14.0. The van der Waals surface area contributed by atoms with Crippen LogP contribution in [0.2, 0.25) is 0 Å². The van der Waals surface area contributed by atoms with E-state index in [9.17, 15) is 12.6 Å². The van der Waals surface area contributed by atoms with Crippen molar-refractivity contribution in [2.45, 2.75) is 43.2 Å². The molecule has 1 aromatic carbocycles. The van der Waals surface area contributed by atoms with Gasteiger partial charge in [0.1, 0.15) is 4.90 Å². The highest BCUT2D eigenvalue weighted by atomic mass is 32.2. The van der Waals surface area contributed by atoms with E-state index in [0.29, 0.717) is 11.4 Å². The van der Waals surface area contributed by atoms with Gasteiger partial charge in [-0.2, -0.15) is 0 Å². The fourth-order valence-corrected chi connectivity index (χ4v) is 4.15. The van der Waals surface area contributed by atoms with Crippen LogP contribution >= 0.6 is 0 Å². The first-order chi connectivity index (χ1) is 9.88. The molecule has 0 aliphatic heterocycles. The lowest BCUT2D eigenvalue weighted by molar-refractivity contribution is 0.581. The molecule has 0 radical (unpaired) electrons. The molecule has 7 heteroatoms. The third-order valence-electron chi connectivity index (χ3n) is 3.32. The lowest BCUT2D eigenvalue weighted by Gasteiger charge is -2.18. The molecule has 0 spiro atoms. The molecule has 1 saturated carbocycles. The number of para-hydroxylation sites is 1. The Morgan fingerprint density at radius 2 is 2.00 bits per heavy atom. The SMILES string of the molecule is CC(CCS(C)=O)Nc1ccccc1S(=O)(=O)NC1CC1. The van der Waals surface area contributed by atoms with E-state index >= 15 is 0 Å². The number of benzene rings is 1. The van der Waals surface area contributed by atoms with Crippen molar-refractivity contribution in [3.63, 3.8) is 0 Å². The molecule has 0 bridgehead atoms. The third kappa shape index (κ3) is 5.09. The Labute approximate surface area is 129 Å². The smallest absolute Gasteiger partial charge is 0.242 e. The van der Waals surface area contributed by atoms with E-state index in [1.54, 1.807) is 24.5 Å². The number of nitrogens with one attached hydrogen (secondary N) is 2. The van der Waals surface area contributed by atoms with Crippen LogP contribution in [0, 0.1) is 0 Å². The molecular weight excluding hydrogens is 308 g/mol. The molecule has 2 atom stereocenters.